The first-order valence-corrected chi connectivity index (χ1v) is 11.9. The van der Waals surface area contributed by atoms with E-state index < -0.39 is 11.9 Å². The van der Waals surface area contributed by atoms with Gasteiger partial charge in [-0.25, -0.2) is 4.79 Å². The minimum atomic E-state index is -0.596. The molecular formula is C28H30N4O3. The van der Waals surface area contributed by atoms with Gasteiger partial charge in [-0.15, -0.1) is 0 Å². The van der Waals surface area contributed by atoms with Crippen molar-refractivity contribution in [1.29, 1.82) is 0 Å². The van der Waals surface area contributed by atoms with Gasteiger partial charge in [0.05, 0.1) is 23.6 Å². The Hall–Kier alpha value is -3.81. The molecule has 1 amide bonds. The second-order valence-electron chi connectivity index (χ2n) is 8.29. The monoisotopic (exact) mass is 470 g/mol. The predicted molar refractivity (Wildman–Crippen MR) is 138 cm³/mol. The molecule has 0 saturated heterocycles. The smallest absolute Gasteiger partial charge is 0.338 e. The summed E-state index contributed by atoms with van der Waals surface area (Å²) in [5, 5.41) is 6.29. The lowest BCUT2D eigenvalue weighted by atomic mass is 9.90. The van der Waals surface area contributed by atoms with E-state index in [4.69, 9.17) is 15.5 Å². The topological polar surface area (TPSA) is 106 Å². The molecule has 0 radical (unpaired) electrons. The Morgan fingerprint density at radius 1 is 1.06 bits per heavy atom. The van der Waals surface area contributed by atoms with Crippen molar-refractivity contribution in [2.45, 2.75) is 25.8 Å². The third-order valence-corrected chi connectivity index (χ3v) is 5.81. The van der Waals surface area contributed by atoms with Gasteiger partial charge in [0.15, 0.2) is 0 Å². The van der Waals surface area contributed by atoms with Gasteiger partial charge in [0, 0.05) is 12.2 Å². The summed E-state index contributed by atoms with van der Waals surface area (Å²) in [7, 11) is 0. The number of ether oxygens (including phenoxy) is 1. The average Bonchev–Trinajstić information content (AvgIpc) is 3.21. The number of carbonyl (C=O) groups excluding carboxylic acids is 2. The standard InChI is InChI=1S/C28H30N4O3/c1-2-35-28(34)21-11-14-23-24(17-21)32-27(33)25(23)26(20-7-4-3-5-8-20)31-22-12-9-19(10-13-22)18-30-16-6-15-29/h3-5,7-14,17,25,30H,2,6,15-16,18,29H2,1H3,(H,32,33). The molecule has 1 aliphatic heterocycles. The van der Waals surface area contributed by atoms with Crippen LogP contribution in [0.3, 0.4) is 0 Å². The van der Waals surface area contributed by atoms with E-state index in [9.17, 15) is 9.59 Å². The molecule has 1 atom stereocenters. The second kappa shape index (κ2) is 11.6. The fourth-order valence-electron chi connectivity index (χ4n) is 4.07. The van der Waals surface area contributed by atoms with E-state index >= 15 is 0 Å². The van der Waals surface area contributed by atoms with Crippen LogP contribution in [0.25, 0.3) is 0 Å². The minimum absolute atomic E-state index is 0.177. The highest BCUT2D eigenvalue weighted by Crippen LogP contribution is 2.37. The van der Waals surface area contributed by atoms with Gasteiger partial charge in [-0.05, 0) is 67.4 Å². The molecule has 0 bridgehead atoms. The van der Waals surface area contributed by atoms with Crippen LogP contribution >= 0.6 is 0 Å². The zero-order chi connectivity index (χ0) is 24.6. The van der Waals surface area contributed by atoms with Gasteiger partial charge in [0.1, 0.15) is 5.92 Å². The van der Waals surface area contributed by atoms with Crippen molar-refractivity contribution in [2.24, 2.45) is 10.7 Å². The van der Waals surface area contributed by atoms with E-state index in [1.165, 1.54) is 0 Å². The lowest BCUT2D eigenvalue weighted by Gasteiger charge is -2.14. The molecule has 3 aromatic rings. The van der Waals surface area contributed by atoms with Crippen LogP contribution in [0.15, 0.2) is 77.8 Å². The second-order valence-corrected chi connectivity index (χ2v) is 8.29. The zero-order valence-electron chi connectivity index (χ0n) is 19.8. The van der Waals surface area contributed by atoms with Crippen LogP contribution in [0, 0.1) is 0 Å². The van der Waals surface area contributed by atoms with Crippen molar-refractivity contribution < 1.29 is 14.3 Å². The number of nitrogens with two attached hydrogens (primary N) is 1. The van der Waals surface area contributed by atoms with Gasteiger partial charge in [-0.3, -0.25) is 9.79 Å². The summed E-state index contributed by atoms with van der Waals surface area (Å²) >= 11 is 0. The molecule has 35 heavy (non-hydrogen) atoms. The van der Waals surface area contributed by atoms with Gasteiger partial charge < -0.3 is 21.1 Å². The number of rotatable bonds is 10. The molecule has 7 heteroatoms. The number of amides is 1. The first-order valence-electron chi connectivity index (χ1n) is 11.9. The fraction of sp³-hybridized carbons (Fsp3) is 0.250. The number of hydrogen-bond donors (Lipinski definition) is 3. The highest BCUT2D eigenvalue weighted by atomic mass is 16.5. The maximum Gasteiger partial charge on any atom is 0.338 e. The molecule has 0 aromatic heterocycles. The molecule has 1 heterocycles. The van der Waals surface area contributed by atoms with Crippen molar-refractivity contribution in [3.8, 4) is 0 Å². The van der Waals surface area contributed by atoms with Crippen LogP contribution < -0.4 is 16.4 Å². The van der Waals surface area contributed by atoms with E-state index in [1.54, 1.807) is 25.1 Å². The van der Waals surface area contributed by atoms with Crippen LogP contribution in [0.2, 0.25) is 0 Å². The summed E-state index contributed by atoms with van der Waals surface area (Å²) in [6, 6.07) is 22.8. The zero-order valence-corrected chi connectivity index (χ0v) is 19.8. The van der Waals surface area contributed by atoms with Crippen LogP contribution in [0.4, 0.5) is 11.4 Å². The first kappa shape index (κ1) is 24.3. The molecule has 3 aromatic carbocycles. The van der Waals surface area contributed by atoms with E-state index in [0.717, 1.165) is 41.9 Å². The van der Waals surface area contributed by atoms with E-state index in [2.05, 4.69) is 10.6 Å². The fourth-order valence-corrected chi connectivity index (χ4v) is 4.07. The Kier molecular flexibility index (Phi) is 8.03. The molecule has 1 aliphatic rings. The molecule has 0 aliphatic carbocycles. The predicted octanol–water partition coefficient (Wildman–Crippen LogP) is 4.16. The number of hydrogen-bond acceptors (Lipinski definition) is 6. The highest BCUT2D eigenvalue weighted by molar-refractivity contribution is 6.24. The number of esters is 1. The largest absolute Gasteiger partial charge is 0.462 e. The summed E-state index contributed by atoms with van der Waals surface area (Å²) in [5.74, 6) is -1.19. The maximum absolute atomic E-state index is 13.1. The van der Waals surface area contributed by atoms with Gasteiger partial charge in [-0.2, -0.15) is 0 Å². The lowest BCUT2D eigenvalue weighted by molar-refractivity contribution is -0.115. The van der Waals surface area contributed by atoms with Gasteiger partial charge in [-0.1, -0.05) is 48.5 Å². The van der Waals surface area contributed by atoms with Gasteiger partial charge >= 0.3 is 5.97 Å². The van der Waals surface area contributed by atoms with Crippen molar-refractivity contribution in [3.05, 3.63) is 95.1 Å². The number of nitrogens with zero attached hydrogens (tertiary/aromatic N) is 1. The Morgan fingerprint density at radius 2 is 1.83 bits per heavy atom. The third kappa shape index (κ3) is 5.82. The summed E-state index contributed by atoms with van der Waals surface area (Å²) in [6.45, 7) is 4.36. The van der Waals surface area contributed by atoms with Gasteiger partial charge in [0.25, 0.3) is 0 Å². The molecule has 0 spiro atoms. The highest BCUT2D eigenvalue weighted by Gasteiger charge is 2.36. The molecule has 4 rings (SSSR count). The van der Waals surface area contributed by atoms with E-state index in [1.807, 2.05) is 54.6 Å². The van der Waals surface area contributed by atoms with Crippen molar-refractivity contribution >= 4 is 29.0 Å². The summed E-state index contributed by atoms with van der Waals surface area (Å²) in [5.41, 5.74) is 10.8. The van der Waals surface area contributed by atoms with Crippen LogP contribution in [0.5, 0.6) is 0 Å². The van der Waals surface area contributed by atoms with Crippen molar-refractivity contribution in [3.63, 3.8) is 0 Å². The Morgan fingerprint density at radius 3 is 2.54 bits per heavy atom. The third-order valence-electron chi connectivity index (χ3n) is 5.81. The lowest BCUT2D eigenvalue weighted by Crippen LogP contribution is -2.22. The Bertz CT molecular complexity index is 1210. The van der Waals surface area contributed by atoms with E-state index in [0.29, 0.717) is 23.5 Å². The van der Waals surface area contributed by atoms with Crippen molar-refractivity contribution in [2.75, 3.05) is 25.0 Å². The first-order chi connectivity index (χ1) is 17.1. The molecule has 0 saturated carbocycles. The van der Waals surface area contributed by atoms with E-state index in [-0.39, 0.29) is 12.5 Å². The molecule has 4 N–H and O–H groups in total. The number of aliphatic imine (C=N–C) groups is 1. The minimum Gasteiger partial charge on any atom is -0.462 e. The Labute approximate surface area is 205 Å². The number of fused-ring (bicyclic) bond motifs is 1. The molecule has 7 nitrogen and oxygen atoms in total. The van der Waals surface area contributed by atoms with Gasteiger partial charge in [0.2, 0.25) is 5.91 Å². The summed E-state index contributed by atoms with van der Waals surface area (Å²) < 4.78 is 5.10. The molecule has 0 fully saturated rings. The average molecular weight is 471 g/mol. The normalized spacial score (nSPS) is 15.0. The number of benzene rings is 3. The SMILES string of the molecule is CCOC(=O)c1ccc2c(c1)NC(=O)C2C(=Nc1ccc(CNCCCN)cc1)c1ccccc1. The molecule has 180 valence electrons. The summed E-state index contributed by atoms with van der Waals surface area (Å²) in [4.78, 5) is 30.2. The molecular weight excluding hydrogens is 440 g/mol. The van der Waals surface area contributed by atoms with Crippen LogP contribution in [0.1, 0.15) is 46.3 Å². The quantitative estimate of drug-likeness (QED) is 0.234. The van der Waals surface area contributed by atoms with Crippen molar-refractivity contribution in [1.82, 2.24) is 5.32 Å². The van der Waals surface area contributed by atoms with Crippen LogP contribution in [-0.2, 0) is 16.1 Å². The molecule has 1 unspecified atom stereocenters. The number of carbonyl (C=O) groups is 2. The van der Waals surface area contributed by atoms with Crippen LogP contribution in [-0.4, -0.2) is 37.3 Å². The maximum atomic E-state index is 13.1. The number of nitrogens with one attached hydrogen (secondary N) is 2. The Balaban J connectivity index is 1.65. The number of anilines is 1. The summed E-state index contributed by atoms with van der Waals surface area (Å²) in [6.07, 6.45) is 0.940.